The van der Waals surface area contributed by atoms with Gasteiger partial charge in [-0.25, -0.2) is 4.68 Å². The van der Waals surface area contributed by atoms with Gasteiger partial charge in [0, 0.05) is 35.9 Å². The molecule has 0 unspecified atom stereocenters. The molecule has 0 amide bonds. The molecule has 4 nitrogen and oxygen atoms in total. The van der Waals surface area contributed by atoms with Crippen LogP contribution >= 0.6 is 0 Å². The summed E-state index contributed by atoms with van der Waals surface area (Å²) in [6.07, 6.45) is 1.09. The fourth-order valence-electron chi connectivity index (χ4n) is 3.84. The maximum absolute atomic E-state index is 4.66. The van der Waals surface area contributed by atoms with Crippen LogP contribution in [0.5, 0.6) is 0 Å². The lowest BCUT2D eigenvalue weighted by Crippen LogP contribution is -2.31. The number of hydrogen-bond donors (Lipinski definition) is 0. The first-order valence-electron chi connectivity index (χ1n) is 9.94. The normalized spacial score (nSPS) is 13.2. The molecule has 0 N–H and O–H groups in total. The van der Waals surface area contributed by atoms with Crippen molar-refractivity contribution in [2.75, 3.05) is 4.90 Å². The van der Waals surface area contributed by atoms with Gasteiger partial charge < -0.3 is 4.90 Å². The standard InChI is InChI=1S/C23H28N4/c1-16(2)13-14-27-23-19-10-6-5-9-18(19)15-26(17(3)4)21-12-8-7-11-20(21)22(23)24-25-27/h5-12,16-17H,13-15H2,1-4H3. The van der Waals surface area contributed by atoms with Gasteiger partial charge in [-0.1, -0.05) is 61.5 Å². The van der Waals surface area contributed by atoms with Crippen LogP contribution in [-0.4, -0.2) is 21.0 Å². The van der Waals surface area contributed by atoms with Gasteiger partial charge in [0.1, 0.15) is 5.69 Å². The molecule has 0 atom stereocenters. The zero-order valence-corrected chi connectivity index (χ0v) is 16.7. The average Bonchev–Trinajstić information content (AvgIpc) is 3.06. The lowest BCUT2D eigenvalue weighted by molar-refractivity contribution is 0.481. The Kier molecular flexibility index (Phi) is 4.73. The number of anilines is 1. The van der Waals surface area contributed by atoms with Gasteiger partial charge >= 0.3 is 0 Å². The van der Waals surface area contributed by atoms with E-state index in [1.165, 1.54) is 22.4 Å². The maximum atomic E-state index is 4.66. The summed E-state index contributed by atoms with van der Waals surface area (Å²) in [5, 5.41) is 9.23. The minimum Gasteiger partial charge on any atom is -0.364 e. The van der Waals surface area contributed by atoms with Gasteiger partial charge in [0.2, 0.25) is 0 Å². The molecule has 0 fully saturated rings. The van der Waals surface area contributed by atoms with Crippen LogP contribution in [0.15, 0.2) is 48.5 Å². The monoisotopic (exact) mass is 360 g/mol. The van der Waals surface area contributed by atoms with Crippen molar-refractivity contribution >= 4 is 5.69 Å². The van der Waals surface area contributed by atoms with Crippen molar-refractivity contribution in [2.45, 2.75) is 53.2 Å². The summed E-state index contributed by atoms with van der Waals surface area (Å²) in [6.45, 7) is 10.8. The van der Waals surface area contributed by atoms with Gasteiger partial charge in [0.05, 0.1) is 5.69 Å². The summed E-state index contributed by atoms with van der Waals surface area (Å²) in [6, 6.07) is 17.7. The van der Waals surface area contributed by atoms with E-state index < -0.39 is 0 Å². The summed E-state index contributed by atoms with van der Waals surface area (Å²) in [5.41, 5.74) is 7.14. The van der Waals surface area contributed by atoms with E-state index in [4.69, 9.17) is 0 Å². The molecule has 1 aliphatic heterocycles. The third-order valence-electron chi connectivity index (χ3n) is 5.36. The molecule has 0 bridgehead atoms. The summed E-state index contributed by atoms with van der Waals surface area (Å²) < 4.78 is 2.11. The molecular weight excluding hydrogens is 332 g/mol. The molecule has 4 rings (SSSR count). The molecule has 0 aliphatic carbocycles. The Labute approximate surface area is 161 Å². The summed E-state index contributed by atoms with van der Waals surface area (Å²) in [4.78, 5) is 2.46. The lowest BCUT2D eigenvalue weighted by Gasteiger charge is -2.33. The molecule has 0 saturated carbocycles. The van der Waals surface area contributed by atoms with Crippen LogP contribution in [0.3, 0.4) is 0 Å². The average molecular weight is 361 g/mol. The molecule has 0 saturated heterocycles. The van der Waals surface area contributed by atoms with Crippen LogP contribution in [0.2, 0.25) is 0 Å². The Bertz CT molecular complexity index is 939. The molecule has 3 aromatic rings. The van der Waals surface area contributed by atoms with Gasteiger partial charge in [0.25, 0.3) is 0 Å². The molecule has 2 aromatic carbocycles. The minimum atomic E-state index is 0.400. The predicted octanol–water partition coefficient (Wildman–Crippen LogP) is 5.39. The van der Waals surface area contributed by atoms with E-state index in [1.807, 2.05) is 0 Å². The number of para-hydroxylation sites is 1. The molecule has 0 radical (unpaired) electrons. The highest BCUT2D eigenvalue weighted by Crippen LogP contribution is 2.41. The fourth-order valence-corrected chi connectivity index (χ4v) is 3.84. The van der Waals surface area contributed by atoms with E-state index in [1.54, 1.807) is 0 Å². The van der Waals surface area contributed by atoms with Crippen LogP contribution in [0.25, 0.3) is 22.5 Å². The van der Waals surface area contributed by atoms with Crippen molar-refractivity contribution in [1.29, 1.82) is 0 Å². The third-order valence-corrected chi connectivity index (χ3v) is 5.36. The predicted molar refractivity (Wildman–Crippen MR) is 112 cm³/mol. The highest BCUT2D eigenvalue weighted by atomic mass is 15.4. The SMILES string of the molecule is CC(C)CCn1nnc2c1-c1ccccc1CN(C(C)C)c1ccccc1-2. The zero-order valence-electron chi connectivity index (χ0n) is 16.7. The molecule has 4 heteroatoms. The molecular formula is C23H28N4. The van der Waals surface area contributed by atoms with Gasteiger partial charge in [-0.05, 0) is 37.8 Å². The van der Waals surface area contributed by atoms with E-state index in [9.17, 15) is 0 Å². The van der Waals surface area contributed by atoms with Crippen LogP contribution in [-0.2, 0) is 13.1 Å². The lowest BCUT2D eigenvalue weighted by atomic mass is 9.95. The largest absolute Gasteiger partial charge is 0.364 e. The van der Waals surface area contributed by atoms with Crippen molar-refractivity contribution in [3.63, 3.8) is 0 Å². The first-order chi connectivity index (χ1) is 13.1. The number of aryl methyl sites for hydroxylation is 1. The Morgan fingerprint density at radius 3 is 2.37 bits per heavy atom. The molecule has 140 valence electrons. The number of aromatic nitrogens is 3. The first-order valence-corrected chi connectivity index (χ1v) is 9.94. The van der Waals surface area contributed by atoms with Gasteiger partial charge in [-0.15, -0.1) is 5.10 Å². The summed E-state index contributed by atoms with van der Waals surface area (Å²) >= 11 is 0. The Morgan fingerprint density at radius 1 is 0.926 bits per heavy atom. The van der Waals surface area contributed by atoms with Crippen molar-refractivity contribution in [3.8, 4) is 22.5 Å². The number of benzene rings is 2. The van der Waals surface area contributed by atoms with Crippen LogP contribution in [0, 0.1) is 5.92 Å². The second-order valence-electron chi connectivity index (χ2n) is 8.09. The highest BCUT2D eigenvalue weighted by molar-refractivity contribution is 5.88. The van der Waals surface area contributed by atoms with Crippen molar-refractivity contribution in [1.82, 2.24) is 15.0 Å². The zero-order chi connectivity index (χ0) is 19.0. The highest BCUT2D eigenvalue weighted by Gasteiger charge is 2.27. The van der Waals surface area contributed by atoms with E-state index in [-0.39, 0.29) is 0 Å². The smallest absolute Gasteiger partial charge is 0.123 e. The molecule has 27 heavy (non-hydrogen) atoms. The molecule has 1 aromatic heterocycles. The fraction of sp³-hybridized carbons (Fsp3) is 0.391. The Hall–Kier alpha value is -2.62. The van der Waals surface area contributed by atoms with E-state index in [2.05, 4.69) is 96.1 Å². The number of fused-ring (bicyclic) bond motifs is 5. The second kappa shape index (κ2) is 7.18. The second-order valence-corrected chi connectivity index (χ2v) is 8.09. The van der Waals surface area contributed by atoms with E-state index in [0.29, 0.717) is 12.0 Å². The van der Waals surface area contributed by atoms with Gasteiger partial charge in [0.15, 0.2) is 0 Å². The summed E-state index contributed by atoms with van der Waals surface area (Å²) in [5.74, 6) is 0.636. The van der Waals surface area contributed by atoms with Gasteiger partial charge in [-0.3, -0.25) is 0 Å². The minimum absolute atomic E-state index is 0.400. The van der Waals surface area contributed by atoms with Crippen molar-refractivity contribution in [2.24, 2.45) is 5.92 Å². The quantitative estimate of drug-likeness (QED) is 0.626. The third kappa shape index (κ3) is 3.25. The van der Waals surface area contributed by atoms with Crippen molar-refractivity contribution < 1.29 is 0 Å². The first kappa shape index (κ1) is 17.8. The topological polar surface area (TPSA) is 34.0 Å². The van der Waals surface area contributed by atoms with Crippen LogP contribution in [0.1, 0.15) is 39.7 Å². The molecule has 2 heterocycles. The molecule has 1 aliphatic rings. The van der Waals surface area contributed by atoms with Gasteiger partial charge in [-0.2, -0.15) is 0 Å². The van der Waals surface area contributed by atoms with E-state index in [0.717, 1.165) is 30.9 Å². The Morgan fingerprint density at radius 2 is 1.63 bits per heavy atom. The van der Waals surface area contributed by atoms with Crippen LogP contribution in [0.4, 0.5) is 5.69 Å². The van der Waals surface area contributed by atoms with E-state index >= 15 is 0 Å². The number of hydrogen-bond acceptors (Lipinski definition) is 3. The number of rotatable bonds is 4. The Balaban J connectivity index is 1.96. The molecule has 0 spiro atoms. The maximum Gasteiger partial charge on any atom is 0.123 e. The number of nitrogens with zero attached hydrogens (tertiary/aromatic N) is 4. The van der Waals surface area contributed by atoms with Crippen molar-refractivity contribution in [3.05, 3.63) is 54.1 Å². The van der Waals surface area contributed by atoms with Crippen LogP contribution < -0.4 is 4.90 Å². The summed E-state index contributed by atoms with van der Waals surface area (Å²) in [7, 11) is 0.